The van der Waals surface area contributed by atoms with Gasteiger partial charge in [-0.25, -0.2) is 0 Å². The molecule has 0 amide bonds. The van der Waals surface area contributed by atoms with E-state index in [1.54, 1.807) is 0 Å². The summed E-state index contributed by atoms with van der Waals surface area (Å²) >= 11 is 0. The van der Waals surface area contributed by atoms with E-state index < -0.39 is 0 Å². The zero-order valence-electron chi connectivity index (χ0n) is 10.3. The molecule has 0 fully saturated rings. The molecule has 3 heteroatoms. The Labute approximate surface area is 106 Å². The number of nitrogens with one attached hydrogen (secondary N) is 3. The second kappa shape index (κ2) is 3.81. The molecule has 0 atom stereocenters. The van der Waals surface area contributed by atoms with Crippen LogP contribution in [0.25, 0.3) is 10.9 Å². The summed E-state index contributed by atoms with van der Waals surface area (Å²) in [6.07, 6.45) is 1.97. The van der Waals surface area contributed by atoms with Gasteiger partial charge in [0.2, 0.25) is 0 Å². The molecule has 3 N–H and O–H groups in total. The van der Waals surface area contributed by atoms with E-state index in [0.29, 0.717) is 0 Å². The van der Waals surface area contributed by atoms with Gasteiger partial charge in [-0.2, -0.15) is 0 Å². The summed E-state index contributed by atoms with van der Waals surface area (Å²) in [5.41, 5.74) is 6.17. The van der Waals surface area contributed by atoms with Gasteiger partial charge in [-0.15, -0.1) is 0 Å². The summed E-state index contributed by atoms with van der Waals surface area (Å²) in [6.45, 7) is 7.98. The number of hydrogen-bond donors (Lipinski definition) is 3. The molecule has 1 aliphatic rings. The quantitative estimate of drug-likeness (QED) is 0.767. The van der Waals surface area contributed by atoms with Crippen molar-refractivity contribution in [1.82, 2.24) is 10.3 Å². The first kappa shape index (κ1) is 10.7. The first-order valence-electron chi connectivity index (χ1n) is 5.86. The number of aromatic nitrogens is 1. The molecule has 0 spiro atoms. The van der Waals surface area contributed by atoms with Gasteiger partial charge >= 0.3 is 0 Å². The highest BCUT2D eigenvalue weighted by Crippen LogP contribution is 2.37. The summed E-state index contributed by atoms with van der Waals surface area (Å²) in [6, 6.07) is 8.20. The predicted molar refractivity (Wildman–Crippen MR) is 76.3 cm³/mol. The van der Waals surface area contributed by atoms with Crippen molar-refractivity contribution in [2.24, 2.45) is 0 Å². The van der Waals surface area contributed by atoms with Gasteiger partial charge in [-0.3, -0.25) is 0 Å². The Balaban J connectivity index is 2.01. The Kier molecular flexibility index (Phi) is 2.27. The fraction of sp³-hybridized carbons (Fsp3) is 0.0667. The van der Waals surface area contributed by atoms with Gasteiger partial charge in [0.05, 0.1) is 17.1 Å². The lowest BCUT2D eigenvalue weighted by Gasteiger charge is -2.29. The van der Waals surface area contributed by atoms with Crippen LogP contribution in [0.1, 0.15) is 0 Å². The second-order valence-corrected chi connectivity index (χ2v) is 4.33. The Morgan fingerprint density at radius 2 is 1.78 bits per heavy atom. The largest absolute Gasteiger partial charge is 0.386 e. The van der Waals surface area contributed by atoms with E-state index in [9.17, 15) is 0 Å². The fourth-order valence-corrected chi connectivity index (χ4v) is 2.26. The summed E-state index contributed by atoms with van der Waals surface area (Å²) < 4.78 is 0. The maximum atomic E-state index is 4.01. The van der Waals surface area contributed by atoms with Crippen LogP contribution in [-0.4, -0.2) is 12.0 Å². The number of benzene rings is 1. The predicted octanol–water partition coefficient (Wildman–Crippen LogP) is 3.14. The minimum Gasteiger partial charge on any atom is -0.386 e. The molecule has 0 aliphatic heterocycles. The molecule has 0 radical (unpaired) electrons. The van der Waals surface area contributed by atoms with E-state index in [1.807, 2.05) is 25.4 Å². The van der Waals surface area contributed by atoms with Gasteiger partial charge in [0, 0.05) is 35.3 Å². The molecule has 1 aromatic carbocycles. The molecular weight excluding hydrogens is 222 g/mol. The summed E-state index contributed by atoms with van der Waals surface area (Å²) in [7, 11) is 1.89. The number of H-pyrrole nitrogens is 1. The first-order chi connectivity index (χ1) is 8.72. The summed E-state index contributed by atoms with van der Waals surface area (Å²) in [5, 5.41) is 7.72. The van der Waals surface area contributed by atoms with Gasteiger partial charge in [-0.1, -0.05) is 31.4 Å². The van der Waals surface area contributed by atoms with Crippen molar-refractivity contribution in [1.29, 1.82) is 0 Å². The maximum absolute atomic E-state index is 4.01. The minimum atomic E-state index is 0.963. The molecule has 90 valence electrons. The van der Waals surface area contributed by atoms with Crippen LogP contribution in [0.5, 0.6) is 0 Å². The Morgan fingerprint density at radius 3 is 2.56 bits per heavy atom. The molecule has 3 nitrogen and oxygen atoms in total. The van der Waals surface area contributed by atoms with Crippen LogP contribution in [0.3, 0.4) is 0 Å². The van der Waals surface area contributed by atoms with E-state index in [0.717, 1.165) is 33.7 Å². The van der Waals surface area contributed by atoms with Crippen molar-refractivity contribution in [3.63, 3.8) is 0 Å². The SMILES string of the molecule is C=C1C(=C)C(Nc2c[nH]c3ccccc23)=C1NC. The van der Waals surface area contributed by atoms with Crippen LogP contribution in [0, 0.1) is 0 Å². The van der Waals surface area contributed by atoms with E-state index in [2.05, 4.69) is 40.9 Å². The molecule has 1 aliphatic carbocycles. The molecule has 0 saturated heterocycles. The fourth-order valence-electron chi connectivity index (χ4n) is 2.26. The van der Waals surface area contributed by atoms with Gasteiger partial charge in [0.1, 0.15) is 0 Å². The third-order valence-electron chi connectivity index (χ3n) is 3.32. The van der Waals surface area contributed by atoms with Crippen molar-refractivity contribution in [3.05, 3.63) is 66.2 Å². The highest BCUT2D eigenvalue weighted by molar-refractivity contribution is 5.94. The number of hydrogen-bond acceptors (Lipinski definition) is 2. The molecule has 2 aromatic rings. The normalized spacial score (nSPS) is 14.9. The molecule has 1 aromatic heterocycles. The smallest absolute Gasteiger partial charge is 0.0700 e. The van der Waals surface area contributed by atoms with E-state index >= 15 is 0 Å². The molecule has 0 bridgehead atoms. The van der Waals surface area contributed by atoms with Crippen molar-refractivity contribution in [2.45, 2.75) is 0 Å². The van der Waals surface area contributed by atoms with Gasteiger partial charge in [-0.05, 0) is 6.07 Å². The van der Waals surface area contributed by atoms with Crippen LogP contribution >= 0.6 is 0 Å². The van der Waals surface area contributed by atoms with E-state index in [-0.39, 0.29) is 0 Å². The van der Waals surface area contributed by atoms with Gasteiger partial charge in [0.25, 0.3) is 0 Å². The lowest BCUT2D eigenvalue weighted by molar-refractivity contribution is 0.944. The minimum absolute atomic E-state index is 0.963. The number of anilines is 1. The second-order valence-electron chi connectivity index (χ2n) is 4.33. The third-order valence-corrected chi connectivity index (χ3v) is 3.32. The maximum Gasteiger partial charge on any atom is 0.0700 e. The molecular formula is C15H15N3. The van der Waals surface area contributed by atoms with Crippen LogP contribution in [-0.2, 0) is 0 Å². The summed E-state index contributed by atoms with van der Waals surface area (Å²) in [4.78, 5) is 3.24. The number of allylic oxidation sites excluding steroid dienone is 2. The third kappa shape index (κ3) is 1.37. The number of rotatable bonds is 3. The van der Waals surface area contributed by atoms with Crippen molar-refractivity contribution < 1.29 is 0 Å². The number of aromatic amines is 1. The Hall–Kier alpha value is -2.42. The van der Waals surface area contributed by atoms with E-state index in [1.165, 1.54) is 5.39 Å². The number of para-hydroxylation sites is 1. The lowest BCUT2D eigenvalue weighted by atomic mass is 9.89. The number of likely N-dealkylation sites (N-methyl/N-ethyl adjacent to an activating group) is 1. The van der Waals surface area contributed by atoms with Crippen LogP contribution in [0.15, 0.2) is 66.2 Å². The van der Waals surface area contributed by atoms with Crippen LogP contribution in [0.4, 0.5) is 5.69 Å². The van der Waals surface area contributed by atoms with Crippen molar-refractivity contribution in [3.8, 4) is 0 Å². The topological polar surface area (TPSA) is 39.9 Å². The number of fused-ring (bicyclic) bond motifs is 1. The summed E-state index contributed by atoms with van der Waals surface area (Å²) in [5.74, 6) is 0. The van der Waals surface area contributed by atoms with Gasteiger partial charge in [0.15, 0.2) is 0 Å². The molecule has 1 heterocycles. The van der Waals surface area contributed by atoms with Crippen LogP contribution in [0.2, 0.25) is 0 Å². The average Bonchev–Trinajstić information content (AvgIpc) is 2.81. The highest BCUT2D eigenvalue weighted by atomic mass is 15.0. The Bertz CT molecular complexity index is 689. The van der Waals surface area contributed by atoms with Crippen LogP contribution < -0.4 is 10.6 Å². The van der Waals surface area contributed by atoms with Crippen molar-refractivity contribution >= 4 is 16.6 Å². The Morgan fingerprint density at radius 1 is 1.06 bits per heavy atom. The standard InChI is InChI=1S/C15H15N3/c1-9-10(2)15(14(9)16-3)18-13-8-17-12-7-5-4-6-11(12)13/h4-8,16-18H,1-2H2,3H3. The van der Waals surface area contributed by atoms with Gasteiger partial charge < -0.3 is 15.6 Å². The van der Waals surface area contributed by atoms with Crippen molar-refractivity contribution in [2.75, 3.05) is 12.4 Å². The molecule has 0 unspecified atom stereocenters. The molecule has 18 heavy (non-hydrogen) atoms. The zero-order valence-corrected chi connectivity index (χ0v) is 10.3. The average molecular weight is 237 g/mol. The zero-order chi connectivity index (χ0) is 12.7. The van der Waals surface area contributed by atoms with E-state index in [4.69, 9.17) is 0 Å². The monoisotopic (exact) mass is 237 g/mol. The molecule has 3 rings (SSSR count). The molecule has 0 saturated carbocycles. The first-order valence-corrected chi connectivity index (χ1v) is 5.86. The highest BCUT2D eigenvalue weighted by Gasteiger charge is 2.25. The lowest BCUT2D eigenvalue weighted by Crippen LogP contribution is -2.25.